The molecule has 1 aromatic rings. The van der Waals surface area contributed by atoms with Crippen molar-refractivity contribution in [1.29, 1.82) is 0 Å². The Balaban J connectivity index is 1.96. The van der Waals surface area contributed by atoms with Crippen LogP contribution in [0.3, 0.4) is 0 Å². The highest BCUT2D eigenvalue weighted by atomic mass is 127. The molecule has 0 unspecified atom stereocenters. The summed E-state index contributed by atoms with van der Waals surface area (Å²) in [5.41, 5.74) is 1.26. The Kier molecular flexibility index (Phi) is 3.67. The molecule has 0 aliphatic heterocycles. The van der Waals surface area contributed by atoms with E-state index in [0.717, 1.165) is 3.92 Å². The summed E-state index contributed by atoms with van der Waals surface area (Å²) in [4.78, 5) is 0. The van der Waals surface area contributed by atoms with Gasteiger partial charge < -0.3 is 5.32 Å². The Labute approximate surface area is 99.4 Å². The van der Waals surface area contributed by atoms with Crippen molar-refractivity contribution >= 4 is 28.3 Å². The van der Waals surface area contributed by atoms with Crippen LogP contribution in [-0.4, -0.2) is 9.97 Å². The van der Waals surface area contributed by atoms with E-state index in [-0.39, 0.29) is 0 Å². The number of hydrogen-bond donors (Lipinski definition) is 1. The third-order valence-corrected chi connectivity index (χ3v) is 4.30. The SMILES string of the molecule is I[C@@H]1CCCC[C@H]1Nc1ccccc1. The molecule has 2 heteroatoms. The average Bonchev–Trinajstić information content (AvgIpc) is 2.23. The lowest BCUT2D eigenvalue weighted by Crippen LogP contribution is -2.32. The molecule has 0 amide bonds. The van der Waals surface area contributed by atoms with Crippen LogP contribution in [0, 0.1) is 0 Å². The number of benzene rings is 1. The first kappa shape index (κ1) is 10.3. The maximum atomic E-state index is 3.62. The van der Waals surface area contributed by atoms with Crippen LogP contribution in [-0.2, 0) is 0 Å². The Morgan fingerprint density at radius 1 is 1.07 bits per heavy atom. The van der Waals surface area contributed by atoms with Crippen LogP contribution >= 0.6 is 22.6 Å². The maximum absolute atomic E-state index is 3.62. The molecule has 1 fully saturated rings. The first-order valence-electron chi connectivity index (χ1n) is 5.32. The Morgan fingerprint density at radius 3 is 2.50 bits per heavy atom. The van der Waals surface area contributed by atoms with Gasteiger partial charge in [-0.25, -0.2) is 0 Å². The summed E-state index contributed by atoms with van der Waals surface area (Å²) in [6, 6.07) is 11.2. The van der Waals surface area contributed by atoms with Gasteiger partial charge in [0.05, 0.1) is 0 Å². The molecule has 76 valence electrons. The second-order valence-corrected chi connectivity index (χ2v) is 5.52. The van der Waals surface area contributed by atoms with E-state index < -0.39 is 0 Å². The predicted molar refractivity (Wildman–Crippen MR) is 70.1 cm³/mol. The second-order valence-electron chi connectivity index (χ2n) is 3.92. The van der Waals surface area contributed by atoms with Crippen LogP contribution in [0.1, 0.15) is 25.7 Å². The summed E-state index contributed by atoms with van der Waals surface area (Å²) in [5, 5.41) is 3.62. The van der Waals surface area contributed by atoms with Crippen molar-refractivity contribution in [3.63, 3.8) is 0 Å². The van der Waals surface area contributed by atoms with Gasteiger partial charge in [-0.05, 0) is 25.0 Å². The van der Waals surface area contributed by atoms with E-state index in [1.807, 2.05) is 0 Å². The van der Waals surface area contributed by atoms with Crippen molar-refractivity contribution in [2.24, 2.45) is 0 Å². The Morgan fingerprint density at radius 2 is 1.79 bits per heavy atom. The van der Waals surface area contributed by atoms with Gasteiger partial charge in [0.15, 0.2) is 0 Å². The zero-order valence-corrected chi connectivity index (χ0v) is 10.4. The number of rotatable bonds is 2. The van der Waals surface area contributed by atoms with Gasteiger partial charge in [-0.3, -0.25) is 0 Å². The first-order chi connectivity index (χ1) is 6.86. The van der Waals surface area contributed by atoms with Gasteiger partial charge in [-0.15, -0.1) is 0 Å². The lowest BCUT2D eigenvalue weighted by molar-refractivity contribution is 0.486. The van der Waals surface area contributed by atoms with Crippen molar-refractivity contribution in [2.75, 3.05) is 5.32 Å². The molecule has 0 aromatic heterocycles. The molecule has 1 aromatic carbocycles. The van der Waals surface area contributed by atoms with E-state index in [9.17, 15) is 0 Å². The van der Waals surface area contributed by atoms with Crippen molar-refractivity contribution in [3.8, 4) is 0 Å². The molecule has 2 atom stereocenters. The van der Waals surface area contributed by atoms with E-state index in [1.54, 1.807) is 0 Å². The van der Waals surface area contributed by atoms with Crippen molar-refractivity contribution in [1.82, 2.24) is 0 Å². The number of alkyl halides is 1. The lowest BCUT2D eigenvalue weighted by Gasteiger charge is -2.29. The normalized spacial score (nSPS) is 27.2. The van der Waals surface area contributed by atoms with Gasteiger partial charge in [0.25, 0.3) is 0 Å². The third-order valence-electron chi connectivity index (χ3n) is 2.81. The minimum absolute atomic E-state index is 0.673. The molecule has 1 aliphatic rings. The van der Waals surface area contributed by atoms with Crippen LogP contribution in [0.4, 0.5) is 5.69 Å². The lowest BCUT2D eigenvalue weighted by atomic mass is 9.95. The van der Waals surface area contributed by atoms with Crippen molar-refractivity contribution < 1.29 is 0 Å². The van der Waals surface area contributed by atoms with Gasteiger partial charge in [0.1, 0.15) is 0 Å². The molecule has 14 heavy (non-hydrogen) atoms. The molecular weight excluding hydrogens is 285 g/mol. The molecule has 0 saturated heterocycles. The summed E-state index contributed by atoms with van der Waals surface area (Å²) < 4.78 is 0.793. The Bertz CT molecular complexity index is 273. The largest absolute Gasteiger partial charge is 0.381 e. The van der Waals surface area contributed by atoms with Gasteiger partial charge in [-0.2, -0.15) is 0 Å². The number of para-hydroxylation sites is 1. The van der Waals surface area contributed by atoms with Gasteiger partial charge in [-0.1, -0.05) is 53.6 Å². The monoisotopic (exact) mass is 301 g/mol. The highest BCUT2D eigenvalue weighted by Crippen LogP contribution is 2.27. The number of halogens is 1. The third kappa shape index (κ3) is 2.62. The fourth-order valence-corrected chi connectivity index (χ4v) is 2.98. The summed E-state index contributed by atoms with van der Waals surface area (Å²) >= 11 is 2.58. The standard InChI is InChI=1S/C12H16IN/c13-11-8-4-5-9-12(11)14-10-6-2-1-3-7-10/h1-3,6-7,11-12,14H,4-5,8-9H2/t11-,12-/m1/s1. The molecule has 0 radical (unpaired) electrons. The van der Waals surface area contributed by atoms with Gasteiger partial charge in [0, 0.05) is 15.7 Å². The van der Waals surface area contributed by atoms with Gasteiger partial charge in [0.2, 0.25) is 0 Å². The molecule has 1 N–H and O–H groups in total. The molecule has 1 saturated carbocycles. The first-order valence-corrected chi connectivity index (χ1v) is 6.56. The minimum Gasteiger partial charge on any atom is -0.381 e. The highest BCUT2D eigenvalue weighted by Gasteiger charge is 2.21. The number of anilines is 1. The number of nitrogens with one attached hydrogen (secondary N) is 1. The molecule has 2 rings (SSSR count). The van der Waals surface area contributed by atoms with E-state index in [1.165, 1.54) is 31.4 Å². The molecule has 0 bridgehead atoms. The molecular formula is C12H16IN. The van der Waals surface area contributed by atoms with E-state index in [0.29, 0.717) is 6.04 Å². The van der Waals surface area contributed by atoms with Gasteiger partial charge >= 0.3 is 0 Å². The maximum Gasteiger partial charge on any atom is 0.0379 e. The fourth-order valence-electron chi connectivity index (χ4n) is 2.00. The molecule has 1 aliphatic carbocycles. The number of hydrogen-bond acceptors (Lipinski definition) is 1. The fraction of sp³-hybridized carbons (Fsp3) is 0.500. The van der Waals surface area contributed by atoms with Crippen molar-refractivity contribution in [3.05, 3.63) is 30.3 Å². The van der Waals surface area contributed by atoms with Crippen molar-refractivity contribution in [2.45, 2.75) is 35.6 Å². The van der Waals surface area contributed by atoms with Crippen LogP contribution in [0.25, 0.3) is 0 Å². The van der Waals surface area contributed by atoms with E-state index in [2.05, 4.69) is 58.2 Å². The van der Waals surface area contributed by atoms with Crippen LogP contribution in [0.15, 0.2) is 30.3 Å². The summed E-state index contributed by atoms with van der Waals surface area (Å²) in [5.74, 6) is 0. The summed E-state index contributed by atoms with van der Waals surface area (Å²) in [6.45, 7) is 0. The quantitative estimate of drug-likeness (QED) is 0.646. The molecule has 0 spiro atoms. The topological polar surface area (TPSA) is 12.0 Å². The average molecular weight is 301 g/mol. The van der Waals surface area contributed by atoms with Crippen LogP contribution < -0.4 is 5.32 Å². The smallest absolute Gasteiger partial charge is 0.0379 e. The van der Waals surface area contributed by atoms with E-state index >= 15 is 0 Å². The predicted octanol–water partition coefficient (Wildman–Crippen LogP) is 3.84. The van der Waals surface area contributed by atoms with Crippen LogP contribution in [0.5, 0.6) is 0 Å². The second kappa shape index (κ2) is 5.01. The van der Waals surface area contributed by atoms with E-state index in [4.69, 9.17) is 0 Å². The minimum atomic E-state index is 0.673. The molecule has 0 heterocycles. The molecule has 1 nitrogen and oxygen atoms in total. The van der Waals surface area contributed by atoms with Crippen LogP contribution in [0.2, 0.25) is 0 Å². The highest BCUT2D eigenvalue weighted by molar-refractivity contribution is 14.1. The zero-order valence-electron chi connectivity index (χ0n) is 8.25. The summed E-state index contributed by atoms with van der Waals surface area (Å²) in [7, 11) is 0. The Hall–Kier alpha value is -0.250. The summed E-state index contributed by atoms with van der Waals surface area (Å²) in [6.07, 6.45) is 5.47. The zero-order chi connectivity index (χ0) is 9.80.